The number of carbonyl (C=O) groups is 1. The van der Waals surface area contributed by atoms with Crippen molar-refractivity contribution in [2.24, 2.45) is 0 Å². The Labute approximate surface area is 156 Å². The van der Waals surface area contributed by atoms with Crippen LogP contribution in [0.15, 0.2) is 36.7 Å². The van der Waals surface area contributed by atoms with Gasteiger partial charge in [0.15, 0.2) is 0 Å². The molecule has 1 aromatic carbocycles. The summed E-state index contributed by atoms with van der Waals surface area (Å²) in [4.78, 5) is 19.9. The average Bonchev–Trinajstić information content (AvgIpc) is 3.18. The molecule has 2 aromatic rings. The second-order valence-corrected chi connectivity index (χ2v) is 7.55. The van der Waals surface area contributed by atoms with Crippen LogP contribution in [-0.4, -0.2) is 64.9 Å². The lowest BCUT2D eigenvalue weighted by atomic mass is 10.1. The van der Waals surface area contributed by atoms with E-state index in [1.54, 1.807) is 19.3 Å². The molecule has 0 N–H and O–H groups in total. The largest absolute Gasteiger partial charge is 0.488 e. The molecule has 0 radical (unpaired) electrons. The fourth-order valence-corrected chi connectivity index (χ4v) is 4.04. The monoisotopic (exact) mass is 375 g/mol. The predicted molar refractivity (Wildman–Crippen MR) is 98.0 cm³/mol. The normalized spacial score (nSPS) is 25.2. The highest BCUT2D eigenvalue weighted by molar-refractivity contribution is 5.87. The number of halogens is 2. The number of rotatable bonds is 4. The van der Waals surface area contributed by atoms with E-state index in [4.69, 9.17) is 4.74 Å². The van der Waals surface area contributed by atoms with Crippen molar-refractivity contribution in [2.45, 2.75) is 37.8 Å². The third kappa shape index (κ3) is 3.88. The minimum atomic E-state index is -2.77. The van der Waals surface area contributed by atoms with Gasteiger partial charge in [0.1, 0.15) is 11.9 Å². The van der Waals surface area contributed by atoms with Gasteiger partial charge in [-0.3, -0.25) is 14.7 Å². The van der Waals surface area contributed by atoms with Crippen molar-refractivity contribution in [1.82, 2.24) is 14.8 Å². The molecular formula is C20H23F2N3O2. The lowest BCUT2D eigenvalue weighted by molar-refractivity contribution is -0.134. The zero-order valence-corrected chi connectivity index (χ0v) is 15.3. The highest BCUT2D eigenvalue weighted by Crippen LogP contribution is 2.32. The van der Waals surface area contributed by atoms with Crippen LogP contribution in [-0.2, 0) is 4.79 Å². The van der Waals surface area contributed by atoms with E-state index in [1.165, 1.54) is 4.90 Å². The molecule has 144 valence electrons. The van der Waals surface area contributed by atoms with Crippen molar-refractivity contribution in [3.63, 3.8) is 0 Å². The van der Waals surface area contributed by atoms with E-state index in [9.17, 15) is 13.6 Å². The quantitative estimate of drug-likeness (QED) is 0.824. The number of amides is 1. The molecule has 27 heavy (non-hydrogen) atoms. The molecule has 2 fully saturated rings. The molecule has 0 unspecified atom stereocenters. The van der Waals surface area contributed by atoms with Gasteiger partial charge in [-0.15, -0.1) is 0 Å². The van der Waals surface area contributed by atoms with Gasteiger partial charge in [0.2, 0.25) is 5.91 Å². The second kappa shape index (κ2) is 7.03. The van der Waals surface area contributed by atoms with Gasteiger partial charge in [-0.25, -0.2) is 8.78 Å². The first kappa shape index (κ1) is 18.1. The van der Waals surface area contributed by atoms with Gasteiger partial charge in [-0.05, 0) is 25.5 Å². The van der Waals surface area contributed by atoms with E-state index in [-0.39, 0.29) is 25.0 Å². The third-order valence-corrected chi connectivity index (χ3v) is 5.37. The van der Waals surface area contributed by atoms with Gasteiger partial charge in [-0.2, -0.15) is 0 Å². The summed E-state index contributed by atoms with van der Waals surface area (Å²) in [6.07, 6.45) is 4.08. The maximum Gasteiger partial charge on any atom is 0.267 e. The molecule has 3 heterocycles. The Bertz CT molecular complexity index is 840. The number of ether oxygens (including phenoxy) is 1. The Kier molecular flexibility index (Phi) is 4.72. The summed E-state index contributed by atoms with van der Waals surface area (Å²) < 4.78 is 33.2. The van der Waals surface area contributed by atoms with Gasteiger partial charge in [0.05, 0.1) is 13.1 Å². The zero-order chi connectivity index (χ0) is 19.0. The fraction of sp³-hybridized carbons (Fsp3) is 0.500. The molecule has 0 spiro atoms. The number of hydrogen-bond donors (Lipinski definition) is 0. The molecule has 2 atom stereocenters. The lowest BCUT2D eigenvalue weighted by Gasteiger charge is -2.24. The fourth-order valence-electron chi connectivity index (χ4n) is 4.04. The number of hydrogen-bond acceptors (Lipinski definition) is 4. The Morgan fingerprint density at radius 2 is 2.22 bits per heavy atom. The standard InChI is InChI=1S/C20H23F2N3O2/c1-14-9-20(21,22)13-25(14)19(26)12-24-8-6-16(11-24)27-18-4-2-3-15-10-23-7-5-17(15)18/h2-5,7,10,14,16H,6,8-9,11-13H2,1H3/t14-,16+/m1/s1. The van der Waals surface area contributed by atoms with Crippen molar-refractivity contribution in [3.8, 4) is 5.75 Å². The molecule has 7 heteroatoms. The average molecular weight is 375 g/mol. The first-order valence-corrected chi connectivity index (χ1v) is 9.30. The molecule has 2 saturated heterocycles. The summed E-state index contributed by atoms with van der Waals surface area (Å²) >= 11 is 0. The second-order valence-electron chi connectivity index (χ2n) is 7.55. The summed E-state index contributed by atoms with van der Waals surface area (Å²) in [6, 6.07) is 7.37. The highest BCUT2D eigenvalue weighted by Gasteiger charge is 2.45. The smallest absolute Gasteiger partial charge is 0.267 e. The topological polar surface area (TPSA) is 45.7 Å². The van der Waals surface area contributed by atoms with E-state index in [2.05, 4.69) is 4.98 Å². The van der Waals surface area contributed by atoms with Crippen LogP contribution in [0.2, 0.25) is 0 Å². The number of pyridine rings is 1. The molecule has 0 bridgehead atoms. The zero-order valence-electron chi connectivity index (χ0n) is 15.3. The summed E-state index contributed by atoms with van der Waals surface area (Å²) in [5, 5.41) is 2.03. The van der Waals surface area contributed by atoms with E-state index < -0.39 is 18.5 Å². The predicted octanol–water partition coefficient (Wildman–Crippen LogP) is 2.94. The van der Waals surface area contributed by atoms with Gasteiger partial charge < -0.3 is 9.64 Å². The summed E-state index contributed by atoms with van der Waals surface area (Å²) in [5.41, 5.74) is 0. The van der Waals surface area contributed by atoms with Crippen LogP contribution in [0.1, 0.15) is 19.8 Å². The summed E-state index contributed by atoms with van der Waals surface area (Å²) in [7, 11) is 0. The molecular weight excluding hydrogens is 352 g/mol. The molecule has 2 aliphatic heterocycles. The van der Waals surface area contributed by atoms with Crippen molar-refractivity contribution >= 4 is 16.7 Å². The van der Waals surface area contributed by atoms with Crippen LogP contribution in [0.25, 0.3) is 10.8 Å². The molecule has 4 rings (SSSR count). The maximum atomic E-state index is 13.5. The first-order chi connectivity index (χ1) is 12.9. The number of aromatic nitrogens is 1. The molecule has 0 aliphatic carbocycles. The van der Waals surface area contributed by atoms with Crippen LogP contribution in [0, 0.1) is 0 Å². The van der Waals surface area contributed by atoms with Gasteiger partial charge in [0.25, 0.3) is 5.92 Å². The third-order valence-electron chi connectivity index (χ3n) is 5.37. The molecule has 1 amide bonds. The van der Waals surface area contributed by atoms with E-state index in [0.29, 0.717) is 6.54 Å². The van der Waals surface area contributed by atoms with Crippen molar-refractivity contribution in [1.29, 1.82) is 0 Å². The number of carbonyl (C=O) groups excluding carboxylic acids is 1. The van der Waals surface area contributed by atoms with Crippen LogP contribution in [0.5, 0.6) is 5.75 Å². The molecule has 0 saturated carbocycles. The van der Waals surface area contributed by atoms with Gasteiger partial charge >= 0.3 is 0 Å². The molecule has 2 aliphatic rings. The van der Waals surface area contributed by atoms with Gasteiger partial charge in [0, 0.05) is 48.7 Å². The van der Waals surface area contributed by atoms with E-state index in [1.807, 2.05) is 29.2 Å². The van der Waals surface area contributed by atoms with Crippen molar-refractivity contribution in [3.05, 3.63) is 36.7 Å². The highest BCUT2D eigenvalue weighted by atomic mass is 19.3. The SMILES string of the molecule is C[C@@H]1CC(F)(F)CN1C(=O)CN1CC[C@H](Oc2cccc3cnccc23)C1. The van der Waals surface area contributed by atoms with E-state index in [0.717, 1.165) is 29.5 Å². The summed E-state index contributed by atoms with van der Waals surface area (Å²) in [6.45, 7) is 2.72. The Balaban J connectivity index is 1.36. The molecule has 5 nitrogen and oxygen atoms in total. The van der Waals surface area contributed by atoms with Crippen LogP contribution in [0.4, 0.5) is 8.78 Å². The Hall–Kier alpha value is -2.28. The number of fused-ring (bicyclic) bond motifs is 1. The number of nitrogens with zero attached hydrogens (tertiary/aromatic N) is 3. The van der Waals surface area contributed by atoms with Crippen LogP contribution >= 0.6 is 0 Å². The number of likely N-dealkylation sites (tertiary alicyclic amines) is 2. The van der Waals surface area contributed by atoms with Crippen LogP contribution < -0.4 is 4.74 Å². The minimum absolute atomic E-state index is 0.0194. The number of alkyl halides is 2. The Morgan fingerprint density at radius 3 is 3.00 bits per heavy atom. The lowest BCUT2D eigenvalue weighted by Crippen LogP contribution is -2.42. The maximum absolute atomic E-state index is 13.5. The number of benzene rings is 1. The van der Waals surface area contributed by atoms with Gasteiger partial charge in [-0.1, -0.05) is 12.1 Å². The minimum Gasteiger partial charge on any atom is -0.488 e. The van der Waals surface area contributed by atoms with E-state index >= 15 is 0 Å². The molecule has 1 aromatic heterocycles. The summed E-state index contributed by atoms with van der Waals surface area (Å²) in [5.74, 6) is -2.19. The Morgan fingerprint density at radius 1 is 1.37 bits per heavy atom. The first-order valence-electron chi connectivity index (χ1n) is 9.30. The van der Waals surface area contributed by atoms with Crippen molar-refractivity contribution in [2.75, 3.05) is 26.2 Å². The van der Waals surface area contributed by atoms with Crippen LogP contribution in [0.3, 0.4) is 0 Å². The van der Waals surface area contributed by atoms with Crippen molar-refractivity contribution < 1.29 is 18.3 Å².